The van der Waals surface area contributed by atoms with Gasteiger partial charge in [0.1, 0.15) is 17.2 Å². The fourth-order valence-corrected chi connectivity index (χ4v) is 1.04. The third kappa shape index (κ3) is 3.33. The first-order valence-electron chi connectivity index (χ1n) is 4.13. The molecule has 0 N–H and O–H groups in total. The molecule has 1 rings (SSSR count). The second-order valence-corrected chi connectivity index (χ2v) is 2.65. The highest BCUT2D eigenvalue weighted by Gasteiger charge is 2.31. The molecule has 6 heteroatoms. The first-order valence-corrected chi connectivity index (χ1v) is 4.13. The van der Waals surface area contributed by atoms with Crippen LogP contribution in [0, 0.1) is 0 Å². The number of hydrogen-bond acceptors (Lipinski definition) is 3. The Hall–Kier alpha value is -1.94. The number of ether oxygens (including phenoxy) is 2. The Kier molecular flexibility index (Phi) is 3.58. The summed E-state index contributed by atoms with van der Waals surface area (Å²) in [4.78, 5) is 3.63. The molecule has 16 heavy (non-hydrogen) atoms. The van der Waals surface area contributed by atoms with E-state index in [0.717, 1.165) is 12.1 Å². The highest BCUT2D eigenvalue weighted by molar-refractivity contribution is 5.63. The van der Waals surface area contributed by atoms with E-state index in [-0.39, 0.29) is 11.4 Å². The van der Waals surface area contributed by atoms with Crippen LogP contribution in [0.5, 0.6) is 11.5 Å². The quantitative estimate of drug-likeness (QED) is 0.748. The van der Waals surface area contributed by atoms with Gasteiger partial charge in [-0.2, -0.15) is 0 Å². The van der Waals surface area contributed by atoms with Gasteiger partial charge in [-0.15, -0.1) is 13.2 Å². The standard InChI is InChI=1S/C10H8F3NO2/c1-3-14-8-6-7(16-10(11,12)13)4-5-9(8)15-2/h4-6H,1H2,2H3. The highest BCUT2D eigenvalue weighted by Crippen LogP contribution is 2.33. The van der Waals surface area contributed by atoms with E-state index in [1.807, 2.05) is 0 Å². The Bertz CT molecular complexity index is 423. The molecular formula is C10H8F3NO2. The summed E-state index contributed by atoms with van der Waals surface area (Å²) in [6, 6.07) is 3.54. The van der Waals surface area contributed by atoms with Crippen molar-refractivity contribution < 1.29 is 22.6 Å². The van der Waals surface area contributed by atoms with E-state index < -0.39 is 6.36 Å². The summed E-state index contributed by atoms with van der Waals surface area (Å²) >= 11 is 0. The number of benzene rings is 1. The number of methoxy groups -OCH3 is 1. The lowest BCUT2D eigenvalue weighted by Gasteiger charge is -2.10. The molecule has 0 aliphatic rings. The van der Waals surface area contributed by atoms with Crippen molar-refractivity contribution in [2.45, 2.75) is 6.36 Å². The number of hydrogen-bond donors (Lipinski definition) is 0. The number of aliphatic imine (C=N–C) groups is 1. The van der Waals surface area contributed by atoms with Crippen LogP contribution in [0.1, 0.15) is 0 Å². The molecule has 0 atom stereocenters. The summed E-state index contributed by atoms with van der Waals surface area (Å²) in [7, 11) is 1.38. The van der Waals surface area contributed by atoms with Gasteiger partial charge < -0.3 is 9.47 Å². The van der Waals surface area contributed by atoms with Gasteiger partial charge in [0.05, 0.1) is 7.11 Å². The van der Waals surface area contributed by atoms with Crippen LogP contribution in [0.15, 0.2) is 29.8 Å². The maximum Gasteiger partial charge on any atom is 0.573 e. The van der Waals surface area contributed by atoms with Gasteiger partial charge in [-0.3, -0.25) is 0 Å². The monoisotopic (exact) mass is 231 g/mol. The van der Waals surface area contributed by atoms with Crippen molar-refractivity contribution in [3.05, 3.63) is 24.8 Å². The molecule has 0 heterocycles. The minimum absolute atomic E-state index is 0.166. The minimum Gasteiger partial charge on any atom is -0.494 e. The lowest BCUT2D eigenvalue weighted by molar-refractivity contribution is -0.274. The van der Waals surface area contributed by atoms with Crippen molar-refractivity contribution in [2.24, 2.45) is 4.99 Å². The summed E-state index contributed by atoms with van der Waals surface area (Å²) in [5, 5.41) is 0. The zero-order chi connectivity index (χ0) is 12.2. The molecular weight excluding hydrogens is 223 g/mol. The zero-order valence-corrected chi connectivity index (χ0v) is 8.34. The third-order valence-electron chi connectivity index (χ3n) is 1.58. The molecule has 0 unspecified atom stereocenters. The van der Waals surface area contributed by atoms with Crippen molar-refractivity contribution in [3.8, 4) is 11.5 Å². The Labute approximate surface area is 89.8 Å². The van der Waals surface area contributed by atoms with Gasteiger partial charge in [-0.1, -0.05) is 0 Å². The van der Waals surface area contributed by atoms with Crippen molar-refractivity contribution in [2.75, 3.05) is 7.11 Å². The SMILES string of the molecule is C=C=Nc1cc(OC(F)(F)F)ccc1OC. The van der Waals surface area contributed by atoms with Gasteiger partial charge >= 0.3 is 6.36 Å². The smallest absolute Gasteiger partial charge is 0.494 e. The average Bonchev–Trinajstić information content (AvgIpc) is 2.16. The number of rotatable bonds is 3. The van der Waals surface area contributed by atoms with E-state index in [2.05, 4.69) is 22.2 Å². The lowest BCUT2D eigenvalue weighted by atomic mass is 10.3. The van der Waals surface area contributed by atoms with E-state index in [1.54, 1.807) is 0 Å². The molecule has 0 radical (unpaired) electrons. The number of halogens is 3. The van der Waals surface area contributed by atoms with Crippen LogP contribution in [-0.2, 0) is 0 Å². The summed E-state index contributed by atoms with van der Waals surface area (Å²) < 4.78 is 44.4. The first kappa shape index (κ1) is 12.1. The maximum absolute atomic E-state index is 11.9. The largest absolute Gasteiger partial charge is 0.573 e. The van der Waals surface area contributed by atoms with Crippen LogP contribution in [0.4, 0.5) is 18.9 Å². The average molecular weight is 231 g/mol. The molecule has 0 aliphatic carbocycles. The zero-order valence-electron chi connectivity index (χ0n) is 8.34. The molecule has 0 fully saturated rings. The van der Waals surface area contributed by atoms with Crippen LogP contribution in [0.3, 0.4) is 0 Å². The summed E-state index contributed by atoms with van der Waals surface area (Å²) in [6.45, 7) is 3.23. The molecule has 0 aromatic heterocycles. The first-order chi connectivity index (χ1) is 7.46. The summed E-state index contributed by atoms with van der Waals surface area (Å²) in [5.74, 6) is 2.14. The Morgan fingerprint density at radius 2 is 2.06 bits per heavy atom. The predicted octanol–water partition coefficient (Wildman–Crippen LogP) is 3.08. The molecule has 0 aliphatic heterocycles. The molecule has 1 aromatic carbocycles. The lowest BCUT2D eigenvalue weighted by Crippen LogP contribution is -2.16. The molecule has 0 saturated heterocycles. The molecule has 3 nitrogen and oxygen atoms in total. The van der Waals surface area contributed by atoms with E-state index >= 15 is 0 Å². The van der Waals surface area contributed by atoms with Crippen LogP contribution in [0.25, 0.3) is 0 Å². The fraction of sp³-hybridized carbons (Fsp3) is 0.200. The van der Waals surface area contributed by atoms with Crippen molar-refractivity contribution in [3.63, 3.8) is 0 Å². The summed E-state index contributed by atoms with van der Waals surface area (Å²) in [5.41, 5.74) is 0.166. The van der Waals surface area contributed by atoms with Crippen molar-refractivity contribution in [1.82, 2.24) is 0 Å². The number of alkyl halides is 3. The predicted molar refractivity (Wildman–Crippen MR) is 52.4 cm³/mol. The van der Waals surface area contributed by atoms with E-state index in [1.165, 1.54) is 13.2 Å². The van der Waals surface area contributed by atoms with Gasteiger partial charge in [-0.05, 0) is 24.6 Å². The topological polar surface area (TPSA) is 30.8 Å². The van der Waals surface area contributed by atoms with Crippen molar-refractivity contribution >= 4 is 11.6 Å². The van der Waals surface area contributed by atoms with Crippen LogP contribution < -0.4 is 9.47 Å². The minimum atomic E-state index is -4.73. The maximum atomic E-state index is 11.9. The fourth-order valence-electron chi connectivity index (χ4n) is 1.04. The van der Waals surface area contributed by atoms with Crippen molar-refractivity contribution in [1.29, 1.82) is 0 Å². The number of nitrogens with zero attached hydrogens (tertiary/aromatic N) is 1. The molecule has 0 spiro atoms. The Balaban J connectivity index is 3.07. The second-order valence-electron chi connectivity index (χ2n) is 2.65. The van der Waals surface area contributed by atoms with E-state index in [9.17, 15) is 13.2 Å². The van der Waals surface area contributed by atoms with E-state index in [4.69, 9.17) is 4.74 Å². The van der Waals surface area contributed by atoms with Crippen LogP contribution in [0.2, 0.25) is 0 Å². The molecule has 0 amide bonds. The third-order valence-corrected chi connectivity index (χ3v) is 1.58. The second kappa shape index (κ2) is 4.72. The van der Waals surface area contributed by atoms with Gasteiger partial charge in [0.15, 0.2) is 0 Å². The van der Waals surface area contributed by atoms with Gasteiger partial charge in [0.25, 0.3) is 0 Å². The van der Waals surface area contributed by atoms with Gasteiger partial charge in [0.2, 0.25) is 0 Å². The normalized spacial score (nSPS) is 10.5. The van der Waals surface area contributed by atoms with E-state index in [0.29, 0.717) is 5.75 Å². The van der Waals surface area contributed by atoms with Crippen LogP contribution >= 0.6 is 0 Å². The Morgan fingerprint density at radius 1 is 1.38 bits per heavy atom. The Morgan fingerprint density at radius 3 is 2.56 bits per heavy atom. The molecule has 0 bridgehead atoms. The van der Waals surface area contributed by atoms with Gasteiger partial charge in [-0.25, -0.2) is 4.99 Å². The molecule has 86 valence electrons. The molecule has 0 saturated carbocycles. The molecule has 1 aromatic rings. The van der Waals surface area contributed by atoms with Crippen LogP contribution in [-0.4, -0.2) is 19.3 Å². The van der Waals surface area contributed by atoms with Gasteiger partial charge in [0, 0.05) is 6.07 Å². The summed E-state index contributed by atoms with van der Waals surface area (Å²) in [6.07, 6.45) is -4.73. The highest BCUT2D eigenvalue weighted by atomic mass is 19.4.